The second-order valence-electron chi connectivity index (χ2n) is 4.30. The van der Waals surface area contributed by atoms with Gasteiger partial charge in [0.25, 0.3) is 0 Å². The number of nitrogens with one attached hydrogen (secondary N) is 1. The van der Waals surface area contributed by atoms with Gasteiger partial charge in [0.2, 0.25) is 10.0 Å². The number of hydrogen-bond donors (Lipinski definition) is 1. The molecule has 0 bridgehead atoms. The van der Waals surface area contributed by atoms with Crippen LogP contribution < -0.4 is 5.32 Å². The molecule has 2 rings (SSSR count). The summed E-state index contributed by atoms with van der Waals surface area (Å²) in [6.45, 7) is 1.53. The van der Waals surface area contributed by atoms with Crippen molar-refractivity contribution in [2.45, 2.75) is 17.4 Å². The second kappa shape index (κ2) is 6.35. The minimum atomic E-state index is -3.46. The molecule has 1 heterocycles. The van der Waals surface area contributed by atoms with E-state index in [4.69, 9.17) is 5.26 Å². The molecule has 0 spiro atoms. The highest BCUT2D eigenvalue weighted by molar-refractivity contribution is 7.89. The van der Waals surface area contributed by atoms with Crippen LogP contribution in [0.5, 0.6) is 0 Å². The molecule has 5 nitrogen and oxygen atoms in total. The number of likely N-dealkylation sites (N-methyl/N-ethyl adjacent to an activating group) is 1. The first-order valence-corrected chi connectivity index (χ1v) is 7.18. The van der Waals surface area contributed by atoms with E-state index in [-0.39, 0.29) is 23.3 Å². The Morgan fingerprint density at radius 3 is 2.47 bits per heavy atom. The van der Waals surface area contributed by atoms with Crippen LogP contribution in [0.4, 0.5) is 0 Å². The molecule has 0 amide bonds. The van der Waals surface area contributed by atoms with E-state index in [0.29, 0.717) is 12.1 Å². The van der Waals surface area contributed by atoms with E-state index in [2.05, 4.69) is 5.32 Å². The van der Waals surface area contributed by atoms with Gasteiger partial charge in [0, 0.05) is 19.6 Å². The third-order valence-corrected chi connectivity index (χ3v) is 5.13. The fraction of sp³-hybridized carbons (Fsp3) is 0.417. The highest BCUT2D eigenvalue weighted by Gasteiger charge is 2.29. The first kappa shape index (κ1) is 15.9. The Labute approximate surface area is 119 Å². The molecule has 1 unspecified atom stereocenters. The van der Waals surface area contributed by atoms with Crippen molar-refractivity contribution >= 4 is 22.4 Å². The van der Waals surface area contributed by atoms with Gasteiger partial charge in [0.05, 0.1) is 16.5 Å². The largest absolute Gasteiger partial charge is 0.315 e. The molecular formula is C12H16ClN3O2S. The molecule has 1 aliphatic heterocycles. The Bertz CT molecular complexity index is 560. The summed E-state index contributed by atoms with van der Waals surface area (Å²) in [4.78, 5) is 0.232. The second-order valence-corrected chi connectivity index (χ2v) is 6.30. The molecule has 1 aromatic carbocycles. The number of benzene rings is 1. The third-order valence-electron chi connectivity index (χ3n) is 3.21. The zero-order valence-electron chi connectivity index (χ0n) is 10.5. The predicted octanol–water partition coefficient (Wildman–Crippen LogP) is 0.962. The summed E-state index contributed by atoms with van der Waals surface area (Å²) in [6, 6.07) is 7.98. The van der Waals surface area contributed by atoms with Gasteiger partial charge in [-0.2, -0.15) is 9.57 Å². The molecule has 1 N–H and O–H groups in total. The Kier molecular flexibility index (Phi) is 5.32. The maximum absolute atomic E-state index is 12.3. The molecule has 7 heteroatoms. The van der Waals surface area contributed by atoms with E-state index >= 15 is 0 Å². The van der Waals surface area contributed by atoms with Crippen LogP contribution >= 0.6 is 12.4 Å². The van der Waals surface area contributed by atoms with Crippen molar-refractivity contribution in [2.75, 3.05) is 20.1 Å². The lowest BCUT2D eigenvalue weighted by Crippen LogP contribution is -2.38. The number of halogens is 1. The van der Waals surface area contributed by atoms with Crippen LogP contribution in [-0.2, 0) is 10.0 Å². The van der Waals surface area contributed by atoms with Crippen molar-refractivity contribution in [3.05, 3.63) is 29.8 Å². The topological polar surface area (TPSA) is 73.2 Å². The minimum absolute atomic E-state index is 0. The third kappa shape index (κ3) is 3.25. The average Bonchev–Trinajstić information content (AvgIpc) is 2.91. The lowest BCUT2D eigenvalue weighted by atomic mass is 10.2. The Hall–Kier alpha value is -1.13. The molecule has 1 atom stereocenters. The van der Waals surface area contributed by atoms with Gasteiger partial charge >= 0.3 is 0 Å². The molecule has 1 saturated heterocycles. The van der Waals surface area contributed by atoms with Crippen molar-refractivity contribution in [3.63, 3.8) is 0 Å². The Morgan fingerprint density at radius 1 is 1.37 bits per heavy atom. The molecule has 0 saturated carbocycles. The van der Waals surface area contributed by atoms with Crippen molar-refractivity contribution in [2.24, 2.45) is 0 Å². The zero-order valence-corrected chi connectivity index (χ0v) is 12.2. The molecule has 0 aliphatic carbocycles. The van der Waals surface area contributed by atoms with Gasteiger partial charge in [-0.15, -0.1) is 12.4 Å². The summed E-state index contributed by atoms with van der Waals surface area (Å²) in [6.07, 6.45) is 0.825. The van der Waals surface area contributed by atoms with E-state index in [1.165, 1.54) is 28.6 Å². The zero-order chi connectivity index (χ0) is 13.2. The van der Waals surface area contributed by atoms with Gasteiger partial charge < -0.3 is 5.32 Å². The van der Waals surface area contributed by atoms with Gasteiger partial charge in [0.15, 0.2) is 0 Å². The van der Waals surface area contributed by atoms with Crippen LogP contribution in [0.15, 0.2) is 29.2 Å². The van der Waals surface area contributed by atoms with Crippen LogP contribution in [-0.4, -0.2) is 38.9 Å². The van der Waals surface area contributed by atoms with Gasteiger partial charge in [-0.3, -0.25) is 0 Å². The highest BCUT2D eigenvalue weighted by atomic mass is 35.5. The highest BCUT2D eigenvalue weighted by Crippen LogP contribution is 2.19. The summed E-state index contributed by atoms with van der Waals surface area (Å²) in [5, 5.41) is 11.8. The van der Waals surface area contributed by atoms with E-state index in [0.717, 1.165) is 13.0 Å². The number of nitriles is 1. The maximum Gasteiger partial charge on any atom is 0.243 e. The van der Waals surface area contributed by atoms with Crippen molar-refractivity contribution < 1.29 is 8.42 Å². The van der Waals surface area contributed by atoms with E-state index in [9.17, 15) is 8.42 Å². The van der Waals surface area contributed by atoms with Crippen LogP contribution in [0.2, 0.25) is 0 Å². The van der Waals surface area contributed by atoms with Crippen LogP contribution in [0.25, 0.3) is 0 Å². The van der Waals surface area contributed by atoms with Gasteiger partial charge in [0.1, 0.15) is 0 Å². The fourth-order valence-electron chi connectivity index (χ4n) is 2.01. The molecule has 104 valence electrons. The maximum atomic E-state index is 12.3. The Morgan fingerprint density at radius 2 is 2.00 bits per heavy atom. The van der Waals surface area contributed by atoms with Crippen LogP contribution in [0, 0.1) is 11.3 Å². The number of nitrogens with zero attached hydrogens (tertiary/aromatic N) is 2. The smallest absolute Gasteiger partial charge is 0.243 e. The molecular weight excluding hydrogens is 286 g/mol. The Balaban J connectivity index is 0.00000180. The standard InChI is InChI=1S/C12H15N3O2S.ClH/c1-15(11-6-7-14-9-11)18(16,17)12-4-2-10(8-13)3-5-12;/h2-5,11,14H,6-7,9H2,1H3;1H. The first-order chi connectivity index (χ1) is 8.55. The summed E-state index contributed by atoms with van der Waals surface area (Å²) in [5.41, 5.74) is 0.458. The first-order valence-electron chi connectivity index (χ1n) is 5.74. The van der Waals surface area contributed by atoms with Crippen LogP contribution in [0.3, 0.4) is 0 Å². The van der Waals surface area contributed by atoms with Gasteiger partial charge in [-0.25, -0.2) is 8.42 Å². The lowest BCUT2D eigenvalue weighted by molar-refractivity contribution is 0.388. The summed E-state index contributed by atoms with van der Waals surface area (Å²) in [7, 11) is -1.86. The number of hydrogen-bond acceptors (Lipinski definition) is 4. The lowest BCUT2D eigenvalue weighted by Gasteiger charge is -2.23. The van der Waals surface area contributed by atoms with Crippen molar-refractivity contribution in [1.82, 2.24) is 9.62 Å². The van der Waals surface area contributed by atoms with E-state index in [1.54, 1.807) is 7.05 Å². The average molecular weight is 302 g/mol. The quantitative estimate of drug-likeness (QED) is 0.902. The summed E-state index contributed by atoms with van der Waals surface area (Å²) >= 11 is 0. The molecule has 1 aliphatic rings. The monoisotopic (exact) mass is 301 g/mol. The fourth-order valence-corrected chi connectivity index (χ4v) is 3.40. The van der Waals surface area contributed by atoms with Crippen molar-refractivity contribution in [1.29, 1.82) is 5.26 Å². The molecule has 0 radical (unpaired) electrons. The summed E-state index contributed by atoms with van der Waals surface area (Å²) in [5.74, 6) is 0. The van der Waals surface area contributed by atoms with E-state index in [1.807, 2.05) is 6.07 Å². The summed E-state index contributed by atoms with van der Waals surface area (Å²) < 4.78 is 26.1. The molecule has 19 heavy (non-hydrogen) atoms. The predicted molar refractivity (Wildman–Crippen MR) is 74.6 cm³/mol. The molecule has 1 fully saturated rings. The van der Waals surface area contributed by atoms with Gasteiger partial charge in [-0.05, 0) is 37.2 Å². The molecule has 1 aromatic rings. The number of sulfonamides is 1. The van der Waals surface area contributed by atoms with Crippen LogP contribution in [0.1, 0.15) is 12.0 Å². The van der Waals surface area contributed by atoms with Gasteiger partial charge in [-0.1, -0.05) is 0 Å². The normalized spacial score (nSPS) is 18.9. The SMILES string of the molecule is CN(C1CCNC1)S(=O)(=O)c1ccc(C#N)cc1.Cl. The van der Waals surface area contributed by atoms with Crippen molar-refractivity contribution in [3.8, 4) is 6.07 Å². The minimum Gasteiger partial charge on any atom is -0.315 e. The molecule has 0 aromatic heterocycles. The number of rotatable bonds is 3. The van der Waals surface area contributed by atoms with E-state index < -0.39 is 10.0 Å².